The molecule has 0 bridgehead atoms. The van der Waals surface area contributed by atoms with Crippen LogP contribution in [-0.4, -0.2) is 26.4 Å². The number of benzene rings is 1. The number of nitrogens with one attached hydrogen (secondary N) is 1. The molecule has 0 heterocycles. The highest BCUT2D eigenvalue weighted by atomic mass is 16.5. The first-order valence-electron chi connectivity index (χ1n) is 4.33. The SMILES string of the molecule is COc1ccc([C]=O)c(C(=O)NN)c1OC. The van der Waals surface area contributed by atoms with E-state index < -0.39 is 5.91 Å². The third-order valence-corrected chi connectivity index (χ3v) is 2.01. The van der Waals surface area contributed by atoms with Gasteiger partial charge in [-0.2, -0.15) is 0 Å². The number of amides is 1. The summed E-state index contributed by atoms with van der Waals surface area (Å²) < 4.78 is 10.0. The molecule has 1 radical (unpaired) electrons. The Balaban J connectivity index is 3.48. The Kier molecular flexibility index (Phi) is 3.84. The zero-order chi connectivity index (χ0) is 12.1. The van der Waals surface area contributed by atoms with Crippen LogP contribution < -0.4 is 20.7 Å². The van der Waals surface area contributed by atoms with Crippen LogP contribution in [-0.2, 0) is 4.79 Å². The zero-order valence-corrected chi connectivity index (χ0v) is 8.87. The van der Waals surface area contributed by atoms with E-state index in [1.165, 1.54) is 26.4 Å². The summed E-state index contributed by atoms with van der Waals surface area (Å²) in [5, 5.41) is 0. The Labute approximate surface area is 92.3 Å². The maximum absolute atomic E-state index is 11.5. The largest absolute Gasteiger partial charge is 0.493 e. The van der Waals surface area contributed by atoms with Crippen molar-refractivity contribution in [3.63, 3.8) is 0 Å². The topological polar surface area (TPSA) is 90.7 Å². The molecule has 0 saturated carbocycles. The van der Waals surface area contributed by atoms with Crippen molar-refractivity contribution < 1.29 is 19.1 Å². The smallest absolute Gasteiger partial charge is 0.269 e. The summed E-state index contributed by atoms with van der Waals surface area (Å²) in [6.45, 7) is 0. The van der Waals surface area contributed by atoms with Gasteiger partial charge in [-0.15, -0.1) is 0 Å². The first-order chi connectivity index (χ1) is 7.69. The van der Waals surface area contributed by atoms with E-state index in [1.54, 1.807) is 6.29 Å². The lowest BCUT2D eigenvalue weighted by Crippen LogP contribution is -2.31. The summed E-state index contributed by atoms with van der Waals surface area (Å²) in [7, 11) is 2.78. The fourth-order valence-corrected chi connectivity index (χ4v) is 1.31. The van der Waals surface area contributed by atoms with Crippen molar-refractivity contribution in [2.45, 2.75) is 0 Å². The fraction of sp³-hybridized carbons (Fsp3) is 0.200. The number of rotatable bonds is 4. The standard InChI is InChI=1S/C10H11N2O4/c1-15-7-4-3-6(5-13)8(9(7)16-2)10(14)12-11/h3-4H,11H2,1-2H3,(H,12,14). The number of hydrogen-bond donors (Lipinski definition) is 2. The third kappa shape index (κ3) is 1.96. The van der Waals surface area contributed by atoms with E-state index in [0.717, 1.165) is 0 Å². The van der Waals surface area contributed by atoms with Crippen LogP contribution in [0.3, 0.4) is 0 Å². The summed E-state index contributed by atoms with van der Waals surface area (Å²) >= 11 is 0. The molecule has 3 N–H and O–H groups in total. The van der Waals surface area contributed by atoms with Crippen LogP contribution in [0.5, 0.6) is 11.5 Å². The van der Waals surface area contributed by atoms with Crippen molar-refractivity contribution in [1.82, 2.24) is 5.43 Å². The molecule has 0 unspecified atom stereocenters. The van der Waals surface area contributed by atoms with E-state index >= 15 is 0 Å². The second-order valence-corrected chi connectivity index (χ2v) is 2.80. The van der Waals surface area contributed by atoms with Crippen molar-refractivity contribution in [3.05, 3.63) is 23.3 Å². The normalized spacial score (nSPS) is 9.44. The Hall–Kier alpha value is -2.08. The van der Waals surface area contributed by atoms with Gasteiger partial charge in [0.2, 0.25) is 6.29 Å². The van der Waals surface area contributed by atoms with Gasteiger partial charge in [-0.1, -0.05) is 0 Å². The van der Waals surface area contributed by atoms with Gasteiger partial charge in [0.25, 0.3) is 5.91 Å². The van der Waals surface area contributed by atoms with E-state index in [1.807, 2.05) is 5.43 Å². The van der Waals surface area contributed by atoms with Crippen molar-refractivity contribution in [2.24, 2.45) is 5.84 Å². The van der Waals surface area contributed by atoms with E-state index in [4.69, 9.17) is 15.3 Å². The Morgan fingerprint density at radius 2 is 2.06 bits per heavy atom. The molecule has 0 saturated heterocycles. The molecule has 6 heteroatoms. The minimum atomic E-state index is -0.644. The molecular formula is C10H11N2O4. The Bertz CT molecular complexity index is 418. The summed E-state index contributed by atoms with van der Waals surface area (Å²) in [5.74, 6) is 4.85. The molecule has 0 aliphatic carbocycles. The van der Waals surface area contributed by atoms with Crippen LogP contribution >= 0.6 is 0 Å². The summed E-state index contributed by atoms with van der Waals surface area (Å²) in [5.41, 5.74) is 1.98. The molecule has 1 amide bonds. The van der Waals surface area contributed by atoms with Crippen LogP contribution in [0.1, 0.15) is 15.9 Å². The van der Waals surface area contributed by atoms with Gasteiger partial charge in [0.15, 0.2) is 11.5 Å². The van der Waals surface area contributed by atoms with Crippen LogP contribution in [0.4, 0.5) is 0 Å². The van der Waals surface area contributed by atoms with Crippen molar-refractivity contribution in [1.29, 1.82) is 0 Å². The number of hydrazine groups is 1. The first-order valence-corrected chi connectivity index (χ1v) is 4.33. The molecule has 16 heavy (non-hydrogen) atoms. The summed E-state index contributed by atoms with van der Waals surface area (Å²) in [4.78, 5) is 22.2. The lowest BCUT2D eigenvalue weighted by atomic mass is 10.1. The number of ether oxygens (including phenoxy) is 2. The van der Waals surface area contributed by atoms with Crippen LogP contribution in [0, 0.1) is 0 Å². The number of hydrogen-bond acceptors (Lipinski definition) is 5. The van der Waals surface area contributed by atoms with Gasteiger partial charge in [0.1, 0.15) is 0 Å². The molecule has 0 aliphatic heterocycles. The van der Waals surface area contributed by atoms with Crippen LogP contribution in [0.15, 0.2) is 12.1 Å². The molecule has 1 aromatic rings. The second-order valence-electron chi connectivity index (χ2n) is 2.80. The number of carbonyl (C=O) groups excluding carboxylic acids is 2. The minimum absolute atomic E-state index is 0.000602. The van der Waals surface area contributed by atoms with Gasteiger partial charge in [-0.25, -0.2) is 5.84 Å². The lowest BCUT2D eigenvalue weighted by Gasteiger charge is -2.12. The van der Waals surface area contributed by atoms with Gasteiger partial charge >= 0.3 is 0 Å². The first kappa shape index (κ1) is 12.0. The molecular weight excluding hydrogens is 212 g/mol. The van der Waals surface area contributed by atoms with E-state index in [-0.39, 0.29) is 16.9 Å². The van der Waals surface area contributed by atoms with Crippen LogP contribution in [0.2, 0.25) is 0 Å². The quantitative estimate of drug-likeness (QED) is 0.418. The average Bonchev–Trinajstić information content (AvgIpc) is 2.35. The van der Waals surface area contributed by atoms with Crippen LogP contribution in [0.25, 0.3) is 0 Å². The summed E-state index contributed by atoms with van der Waals surface area (Å²) in [6.07, 6.45) is 1.63. The predicted molar refractivity (Wildman–Crippen MR) is 56.0 cm³/mol. The van der Waals surface area contributed by atoms with Crippen molar-refractivity contribution >= 4 is 12.2 Å². The number of carbonyl (C=O) groups is 1. The number of nitrogens with two attached hydrogens (primary N) is 1. The van der Waals surface area contributed by atoms with E-state index in [0.29, 0.717) is 5.75 Å². The van der Waals surface area contributed by atoms with Gasteiger partial charge in [0.05, 0.1) is 19.8 Å². The van der Waals surface area contributed by atoms with E-state index in [9.17, 15) is 9.59 Å². The van der Waals surface area contributed by atoms with Crippen molar-refractivity contribution in [2.75, 3.05) is 14.2 Å². The number of methoxy groups -OCH3 is 2. The fourth-order valence-electron chi connectivity index (χ4n) is 1.31. The molecule has 85 valence electrons. The minimum Gasteiger partial charge on any atom is -0.493 e. The summed E-state index contributed by atoms with van der Waals surface area (Å²) in [6, 6.07) is 2.91. The molecule has 0 atom stereocenters. The molecule has 0 aromatic heterocycles. The highest BCUT2D eigenvalue weighted by Gasteiger charge is 2.20. The van der Waals surface area contributed by atoms with E-state index in [2.05, 4.69) is 0 Å². The monoisotopic (exact) mass is 223 g/mol. The van der Waals surface area contributed by atoms with Gasteiger partial charge in [-0.3, -0.25) is 15.0 Å². The molecule has 0 spiro atoms. The second kappa shape index (κ2) is 5.13. The Morgan fingerprint density at radius 3 is 2.50 bits per heavy atom. The Morgan fingerprint density at radius 1 is 1.38 bits per heavy atom. The molecule has 6 nitrogen and oxygen atoms in total. The number of nitrogen functional groups attached to an aromatic ring is 1. The zero-order valence-electron chi connectivity index (χ0n) is 8.87. The molecule has 1 aromatic carbocycles. The highest BCUT2D eigenvalue weighted by Crippen LogP contribution is 2.32. The van der Waals surface area contributed by atoms with Crippen molar-refractivity contribution in [3.8, 4) is 11.5 Å². The predicted octanol–water partition coefficient (Wildman–Crippen LogP) is -0.235. The molecule has 0 fully saturated rings. The van der Waals surface area contributed by atoms with Gasteiger partial charge in [-0.05, 0) is 12.1 Å². The highest BCUT2D eigenvalue weighted by molar-refractivity contribution is 6.04. The lowest BCUT2D eigenvalue weighted by molar-refractivity contribution is 0.0949. The maximum atomic E-state index is 11.5. The molecule has 1 rings (SSSR count). The van der Waals surface area contributed by atoms with Gasteiger partial charge in [0, 0.05) is 5.56 Å². The maximum Gasteiger partial charge on any atom is 0.269 e. The average molecular weight is 223 g/mol. The molecule has 0 aliphatic rings. The third-order valence-electron chi connectivity index (χ3n) is 2.01. The van der Waals surface area contributed by atoms with Gasteiger partial charge < -0.3 is 9.47 Å².